The van der Waals surface area contributed by atoms with E-state index in [0.717, 1.165) is 18.5 Å². The number of ether oxygens (including phenoxy) is 1. The molecule has 0 saturated carbocycles. The zero-order valence-corrected chi connectivity index (χ0v) is 9.66. The first-order valence-electron chi connectivity index (χ1n) is 5.11. The Morgan fingerprint density at radius 2 is 2.25 bits per heavy atom. The third kappa shape index (κ3) is 3.77. The quantitative estimate of drug-likeness (QED) is 0.427. The minimum atomic E-state index is -0.320. The lowest BCUT2D eigenvalue weighted by atomic mass is 10.1. The number of hydrogen-bond donors (Lipinski definition) is 2. The van der Waals surface area contributed by atoms with E-state index in [1.54, 1.807) is 6.07 Å². The molecule has 0 aromatic heterocycles. The van der Waals surface area contributed by atoms with Gasteiger partial charge in [0.05, 0.1) is 13.8 Å². The van der Waals surface area contributed by atoms with Gasteiger partial charge in [-0.2, -0.15) is 0 Å². The maximum Gasteiger partial charge on any atom is 0.165 e. The van der Waals surface area contributed by atoms with Gasteiger partial charge in [0.1, 0.15) is 0 Å². The predicted molar refractivity (Wildman–Crippen MR) is 61.5 cm³/mol. The smallest absolute Gasteiger partial charge is 0.165 e. The van der Waals surface area contributed by atoms with Crippen LogP contribution in [0.1, 0.15) is 5.56 Å². The number of hydrazine groups is 1. The van der Waals surface area contributed by atoms with Crippen LogP contribution < -0.4 is 16.0 Å². The van der Waals surface area contributed by atoms with E-state index in [0.29, 0.717) is 6.67 Å². The standard InChI is InChI=1S/C11H18FN3O/c1-15(8-14-13)6-5-9-3-4-11(16-2)10(12)7-9/h3-4,7,14H,5-6,8,13H2,1-2H3. The number of methoxy groups -OCH3 is 1. The van der Waals surface area contributed by atoms with Crippen LogP contribution in [0.15, 0.2) is 18.2 Å². The Morgan fingerprint density at radius 1 is 1.50 bits per heavy atom. The van der Waals surface area contributed by atoms with Gasteiger partial charge in [0.15, 0.2) is 11.6 Å². The van der Waals surface area contributed by atoms with Crippen LogP contribution in [0.3, 0.4) is 0 Å². The molecule has 1 aromatic carbocycles. The fourth-order valence-electron chi connectivity index (χ4n) is 1.42. The molecule has 5 heteroatoms. The largest absolute Gasteiger partial charge is 0.494 e. The number of likely N-dealkylation sites (N-methyl/N-ethyl adjacent to an activating group) is 1. The fourth-order valence-corrected chi connectivity index (χ4v) is 1.42. The molecule has 0 amide bonds. The Morgan fingerprint density at radius 3 is 2.81 bits per heavy atom. The zero-order valence-electron chi connectivity index (χ0n) is 9.66. The van der Waals surface area contributed by atoms with Gasteiger partial charge in [-0.3, -0.25) is 10.7 Å². The van der Waals surface area contributed by atoms with Crippen molar-refractivity contribution in [2.75, 3.05) is 27.4 Å². The van der Waals surface area contributed by atoms with Crippen molar-refractivity contribution in [3.05, 3.63) is 29.6 Å². The van der Waals surface area contributed by atoms with Gasteiger partial charge in [0.2, 0.25) is 0 Å². The zero-order chi connectivity index (χ0) is 12.0. The molecule has 0 unspecified atom stereocenters. The molecule has 1 aromatic rings. The molecular weight excluding hydrogens is 209 g/mol. The summed E-state index contributed by atoms with van der Waals surface area (Å²) in [5.41, 5.74) is 3.51. The van der Waals surface area contributed by atoms with Gasteiger partial charge in [0.25, 0.3) is 0 Å². The van der Waals surface area contributed by atoms with Gasteiger partial charge in [-0.15, -0.1) is 0 Å². The van der Waals surface area contributed by atoms with Crippen LogP contribution in [0.5, 0.6) is 5.75 Å². The topological polar surface area (TPSA) is 50.5 Å². The first kappa shape index (κ1) is 12.9. The van der Waals surface area contributed by atoms with Gasteiger partial charge in [-0.25, -0.2) is 9.82 Å². The summed E-state index contributed by atoms with van der Waals surface area (Å²) in [6.07, 6.45) is 0.777. The molecule has 0 spiro atoms. The lowest BCUT2D eigenvalue weighted by Gasteiger charge is -2.15. The average Bonchev–Trinajstić information content (AvgIpc) is 2.27. The highest BCUT2D eigenvalue weighted by Gasteiger charge is 2.04. The van der Waals surface area contributed by atoms with E-state index in [1.807, 2.05) is 18.0 Å². The average molecular weight is 227 g/mol. The van der Waals surface area contributed by atoms with Gasteiger partial charge in [-0.1, -0.05) is 6.07 Å². The Balaban J connectivity index is 2.51. The highest BCUT2D eigenvalue weighted by molar-refractivity contribution is 5.29. The molecule has 0 radical (unpaired) electrons. The molecule has 0 aliphatic rings. The minimum absolute atomic E-state index is 0.278. The number of hydrogen-bond acceptors (Lipinski definition) is 4. The number of rotatable bonds is 6. The molecule has 1 rings (SSSR count). The van der Waals surface area contributed by atoms with Gasteiger partial charge in [0, 0.05) is 6.54 Å². The fraction of sp³-hybridized carbons (Fsp3) is 0.455. The van der Waals surface area contributed by atoms with E-state index >= 15 is 0 Å². The summed E-state index contributed by atoms with van der Waals surface area (Å²) in [6.45, 7) is 1.43. The molecule has 0 aliphatic heterocycles. The van der Waals surface area contributed by atoms with Crippen LogP contribution in [-0.4, -0.2) is 32.3 Å². The van der Waals surface area contributed by atoms with E-state index in [4.69, 9.17) is 10.6 Å². The van der Waals surface area contributed by atoms with Crippen molar-refractivity contribution >= 4 is 0 Å². The van der Waals surface area contributed by atoms with Crippen LogP contribution in [0.2, 0.25) is 0 Å². The molecular formula is C11H18FN3O. The van der Waals surface area contributed by atoms with Crippen LogP contribution in [-0.2, 0) is 6.42 Å². The summed E-state index contributed by atoms with van der Waals surface area (Å²) in [4.78, 5) is 2.02. The first-order chi connectivity index (χ1) is 7.67. The summed E-state index contributed by atoms with van der Waals surface area (Å²) in [5, 5.41) is 0. The second kappa shape index (κ2) is 6.42. The molecule has 0 heterocycles. The normalized spacial score (nSPS) is 10.8. The van der Waals surface area contributed by atoms with Crippen molar-refractivity contribution in [2.24, 2.45) is 5.84 Å². The number of nitrogens with two attached hydrogens (primary N) is 1. The number of halogens is 1. The van der Waals surface area contributed by atoms with E-state index in [2.05, 4.69) is 5.43 Å². The lowest BCUT2D eigenvalue weighted by molar-refractivity contribution is 0.312. The third-order valence-corrected chi connectivity index (χ3v) is 2.36. The van der Waals surface area contributed by atoms with Crippen molar-refractivity contribution < 1.29 is 9.13 Å². The summed E-state index contributed by atoms with van der Waals surface area (Å²) in [5.74, 6) is 5.15. The van der Waals surface area contributed by atoms with Gasteiger partial charge >= 0.3 is 0 Å². The Labute approximate surface area is 95.2 Å². The Bertz CT molecular complexity index is 333. The van der Waals surface area contributed by atoms with E-state index in [9.17, 15) is 4.39 Å². The van der Waals surface area contributed by atoms with E-state index < -0.39 is 0 Å². The molecule has 0 atom stereocenters. The van der Waals surface area contributed by atoms with Crippen LogP contribution in [0, 0.1) is 5.82 Å². The Kier molecular flexibility index (Phi) is 5.18. The molecule has 16 heavy (non-hydrogen) atoms. The van der Waals surface area contributed by atoms with Crippen molar-refractivity contribution in [3.8, 4) is 5.75 Å². The van der Waals surface area contributed by atoms with Gasteiger partial charge in [-0.05, 0) is 31.2 Å². The van der Waals surface area contributed by atoms with Gasteiger partial charge < -0.3 is 4.74 Å². The SMILES string of the molecule is COc1ccc(CCN(C)CNN)cc1F. The summed E-state index contributed by atoms with van der Waals surface area (Å²) in [6, 6.07) is 5.01. The van der Waals surface area contributed by atoms with Crippen molar-refractivity contribution in [1.82, 2.24) is 10.3 Å². The number of nitrogens with one attached hydrogen (secondary N) is 1. The molecule has 0 aliphatic carbocycles. The van der Waals surface area contributed by atoms with Crippen molar-refractivity contribution in [3.63, 3.8) is 0 Å². The van der Waals surface area contributed by atoms with Crippen LogP contribution >= 0.6 is 0 Å². The van der Waals surface area contributed by atoms with E-state index in [1.165, 1.54) is 13.2 Å². The number of benzene rings is 1. The van der Waals surface area contributed by atoms with Crippen LogP contribution in [0.25, 0.3) is 0 Å². The predicted octanol–water partition coefficient (Wildman–Crippen LogP) is 0.729. The highest BCUT2D eigenvalue weighted by Crippen LogP contribution is 2.17. The second-order valence-electron chi connectivity index (χ2n) is 3.66. The molecule has 0 saturated heterocycles. The third-order valence-electron chi connectivity index (χ3n) is 2.36. The Hall–Kier alpha value is -1.17. The molecule has 3 N–H and O–H groups in total. The molecule has 90 valence electrons. The first-order valence-corrected chi connectivity index (χ1v) is 5.11. The minimum Gasteiger partial charge on any atom is -0.494 e. The monoisotopic (exact) mass is 227 g/mol. The molecule has 0 bridgehead atoms. The summed E-state index contributed by atoms with van der Waals surface area (Å²) >= 11 is 0. The maximum absolute atomic E-state index is 13.4. The second-order valence-corrected chi connectivity index (χ2v) is 3.66. The van der Waals surface area contributed by atoms with Crippen molar-refractivity contribution in [1.29, 1.82) is 0 Å². The highest BCUT2D eigenvalue weighted by atomic mass is 19.1. The summed E-state index contributed by atoms with van der Waals surface area (Å²) < 4.78 is 18.2. The van der Waals surface area contributed by atoms with E-state index in [-0.39, 0.29) is 11.6 Å². The summed E-state index contributed by atoms with van der Waals surface area (Å²) in [7, 11) is 3.40. The number of nitrogens with zero attached hydrogens (tertiary/aromatic N) is 1. The van der Waals surface area contributed by atoms with Crippen molar-refractivity contribution in [2.45, 2.75) is 6.42 Å². The maximum atomic E-state index is 13.4. The molecule has 0 fully saturated rings. The lowest BCUT2D eigenvalue weighted by Crippen LogP contribution is -2.36. The van der Waals surface area contributed by atoms with Crippen LogP contribution in [0.4, 0.5) is 4.39 Å². The molecule has 4 nitrogen and oxygen atoms in total.